The third kappa shape index (κ3) is 12.4. The van der Waals surface area contributed by atoms with Crippen molar-refractivity contribution in [2.24, 2.45) is 0 Å². The highest BCUT2D eigenvalue weighted by molar-refractivity contribution is 6.05. The van der Waals surface area contributed by atoms with E-state index in [0.717, 1.165) is 5.56 Å². The molecular formula is C32H45N3O10. The van der Waals surface area contributed by atoms with E-state index in [1.165, 1.54) is 9.80 Å². The first-order chi connectivity index (χ1) is 21.6. The lowest BCUT2D eigenvalue weighted by Gasteiger charge is -2.29. The van der Waals surface area contributed by atoms with Gasteiger partial charge in [-0.15, -0.1) is 0 Å². The molecule has 0 spiro atoms. The predicted octanol–water partition coefficient (Wildman–Crippen LogP) is 1.75. The van der Waals surface area contributed by atoms with Crippen LogP contribution in [0.15, 0.2) is 18.2 Å². The fourth-order valence-corrected chi connectivity index (χ4v) is 4.47. The molecule has 1 aromatic carbocycles. The Balaban J connectivity index is 1.16. The molecule has 1 unspecified atom stereocenters. The number of carbonyl (C=O) groups is 4. The second kappa shape index (κ2) is 18.4. The summed E-state index contributed by atoms with van der Waals surface area (Å²) in [6, 6.07) is 4.68. The maximum Gasteiger partial charge on any atom is 0.410 e. The molecule has 13 nitrogen and oxygen atoms in total. The van der Waals surface area contributed by atoms with E-state index in [-0.39, 0.29) is 37.5 Å². The van der Waals surface area contributed by atoms with E-state index in [1.807, 2.05) is 26.8 Å². The Morgan fingerprint density at radius 3 is 2.13 bits per heavy atom. The van der Waals surface area contributed by atoms with Gasteiger partial charge in [0.05, 0.1) is 59.5 Å². The summed E-state index contributed by atoms with van der Waals surface area (Å²) in [6.07, 6.45) is 0.151. The highest BCUT2D eigenvalue weighted by atomic mass is 16.6. The molecular weight excluding hydrogens is 586 g/mol. The SMILES string of the molecule is CN(CCOCCOCCOCCOCCOCC#Cc1cccc2c1CN(C1CCC(=O)NC1=O)C2=O)C(=O)OC(C)(C)C. The third-order valence-corrected chi connectivity index (χ3v) is 6.74. The first kappa shape index (κ1) is 35.9. The van der Waals surface area contributed by atoms with Crippen molar-refractivity contribution in [1.82, 2.24) is 15.1 Å². The van der Waals surface area contributed by atoms with Crippen LogP contribution in [0.25, 0.3) is 0 Å². The van der Waals surface area contributed by atoms with Gasteiger partial charge in [-0.25, -0.2) is 4.79 Å². The summed E-state index contributed by atoms with van der Waals surface area (Å²) in [5.74, 6) is 5.06. The Kier molecular flexibility index (Phi) is 14.7. The Labute approximate surface area is 264 Å². The summed E-state index contributed by atoms with van der Waals surface area (Å²) in [5.41, 5.74) is 1.50. The normalized spacial score (nSPS) is 16.2. The largest absolute Gasteiger partial charge is 0.444 e. The number of carbonyl (C=O) groups excluding carboxylic acids is 4. The average Bonchev–Trinajstić information content (AvgIpc) is 3.32. The number of imide groups is 1. The van der Waals surface area contributed by atoms with E-state index >= 15 is 0 Å². The molecule has 0 aromatic heterocycles. The number of hydrogen-bond acceptors (Lipinski definition) is 10. The molecule has 248 valence electrons. The number of nitrogens with zero attached hydrogens (tertiary/aromatic N) is 2. The minimum absolute atomic E-state index is 0.204. The number of rotatable bonds is 17. The van der Waals surface area contributed by atoms with Gasteiger partial charge in [-0.05, 0) is 44.9 Å². The van der Waals surface area contributed by atoms with Gasteiger partial charge >= 0.3 is 6.09 Å². The van der Waals surface area contributed by atoms with Crippen molar-refractivity contribution < 1.29 is 47.6 Å². The van der Waals surface area contributed by atoms with Crippen LogP contribution in [-0.4, -0.2) is 125 Å². The Morgan fingerprint density at radius 1 is 0.933 bits per heavy atom. The fraction of sp³-hybridized carbons (Fsp3) is 0.625. The molecule has 45 heavy (non-hydrogen) atoms. The number of piperidine rings is 1. The lowest BCUT2D eigenvalue weighted by atomic mass is 10.0. The van der Waals surface area contributed by atoms with Gasteiger partial charge in [0.1, 0.15) is 18.2 Å². The van der Waals surface area contributed by atoms with E-state index in [1.54, 1.807) is 19.2 Å². The van der Waals surface area contributed by atoms with Crippen molar-refractivity contribution in [2.45, 2.75) is 51.8 Å². The maximum absolute atomic E-state index is 12.9. The van der Waals surface area contributed by atoms with Crippen molar-refractivity contribution >= 4 is 23.8 Å². The van der Waals surface area contributed by atoms with E-state index in [9.17, 15) is 19.2 Å². The summed E-state index contributed by atoms with van der Waals surface area (Å²) >= 11 is 0. The molecule has 13 heteroatoms. The van der Waals surface area contributed by atoms with Gasteiger partial charge in [0.25, 0.3) is 5.91 Å². The number of likely N-dealkylation sites (N-methyl/N-ethyl adjacent to an activating group) is 1. The summed E-state index contributed by atoms with van der Waals surface area (Å²) in [7, 11) is 1.67. The van der Waals surface area contributed by atoms with Gasteiger partial charge in [-0.2, -0.15) is 0 Å². The zero-order chi connectivity index (χ0) is 32.7. The van der Waals surface area contributed by atoms with Crippen LogP contribution in [0, 0.1) is 11.8 Å². The number of amides is 4. The molecule has 2 aliphatic rings. The molecule has 1 saturated heterocycles. The molecule has 0 bridgehead atoms. The third-order valence-electron chi connectivity index (χ3n) is 6.74. The van der Waals surface area contributed by atoms with Crippen LogP contribution in [-0.2, 0) is 44.6 Å². The minimum atomic E-state index is -0.658. The average molecular weight is 632 g/mol. The number of benzene rings is 1. The summed E-state index contributed by atoms with van der Waals surface area (Å²) in [5, 5.41) is 2.31. The Bertz CT molecular complexity index is 1220. The maximum atomic E-state index is 12.9. The zero-order valence-electron chi connectivity index (χ0n) is 26.7. The van der Waals surface area contributed by atoms with Crippen LogP contribution >= 0.6 is 0 Å². The zero-order valence-corrected chi connectivity index (χ0v) is 26.7. The quantitative estimate of drug-likeness (QED) is 0.154. The molecule has 0 saturated carbocycles. The van der Waals surface area contributed by atoms with Gasteiger partial charge in [-0.1, -0.05) is 17.9 Å². The van der Waals surface area contributed by atoms with Crippen LogP contribution in [0.2, 0.25) is 0 Å². The van der Waals surface area contributed by atoms with Crippen LogP contribution in [0.1, 0.15) is 55.1 Å². The molecule has 4 amide bonds. The Hall–Kier alpha value is -3.54. The minimum Gasteiger partial charge on any atom is -0.444 e. The lowest BCUT2D eigenvalue weighted by molar-refractivity contribution is -0.136. The summed E-state index contributed by atoms with van der Waals surface area (Å²) < 4.78 is 32.7. The van der Waals surface area contributed by atoms with Gasteiger partial charge < -0.3 is 38.2 Å². The van der Waals surface area contributed by atoms with Crippen molar-refractivity contribution in [3.63, 3.8) is 0 Å². The molecule has 2 aliphatic heterocycles. The topological polar surface area (TPSA) is 142 Å². The number of ether oxygens (including phenoxy) is 6. The molecule has 1 aromatic rings. The second-order valence-corrected chi connectivity index (χ2v) is 11.4. The van der Waals surface area contributed by atoms with Crippen LogP contribution in [0.3, 0.4) is 0 Å². The number of nitrogens with one attached hydrogen (secondary N) is 1. The van der Waals surface area contributed by atoms with Crippen LogP contribution in [0.5, 0.6) is 0 Å². The summed E-state index contributed by atoms with van der Waals surface area (Å²) in [4.78, 5) is 51.5. The van der Waals surface area contributed by atoms with Crippen LogP contribution < -0.4 is 5.32 Å². The molecule has 3 rings (SSSR count). The van der Waals surface area contributed by atoms with Gasteiger partial charge in [0, 0.05) is 37.7 Å². The van der Waals surface area contributed by atoms with Crippen molar-refractivity contribution in [3.05, 3.63) is 34.9 Å². The predicted molar refractivity (Wildman–Crippen MR) is 162 cm³/mol. The summed E-state index contributed by atoms with van der Waals surface area (Å²) in [6.45, 7) is 10.2. The first-order valence-electron chi connectivity index (χ1n) is 15.1. The van der Waals surface area contributed by atoms with Gasteiger partial charge in [0.15, 0.2) is 0 Å². The van der Waals surface area contributed by atoms with E-state index in [4.69, 9.17) is 28.4 Å². The van der Waals surface area contributed by atoms with Gasteiger partial charge in [-0.3, -0.25) is 19.7 Å². The number of fused-ring (bicyclic) bond motifs is 1. The Morgan fingerprint density at radius 2 is 1.53 bits per heavy atom. The molecule has 1 atom stereocenters. The molecule has 0 radical (unpaired) electrons. The van der Waals surface area contributed by atoms with Crippen molar-refractivity contribution in [1.29, 1.82) is 0 Å². The number of hydrogen-bond donors (Lipinski definition) is 1. The fourth-order valence-electron chi connectivity index (χ4n) is 4.47. The molecule has 0 aliphatic carbocycles. The van der Waals surface area contributed by atoms with E-state index in [2.05, 4.69) is 17.2 Å². The molecule has 2 heterocycles. The molecule has 1 fully saturated rings. The lowest BCUT2D eigenvalue weighted by Crippen LogP contribution is -2.52. The van der Waals surface area contributed by atoms with E-state index < -0.39 is 17.6 Å². The highest BCUT2D eigenvalue weighted by Gasteiger charge is 2.39. The smallest absolute Gasteiger partial charge is 0.410 e. The second-order valence-electron chi connectivity index (χ2n) is 11.4. The monoisotopic (exact) mass is 631 g/mol. The van der Waals surface area contributed by atoms with Crippen molar-refractivity contribution in [3.8, 4) is 11.8 Å². The first-order valence-corrected chi connectivity index (χ1v) is 15.1. The van der Waals surface area contributed by atoms with E-state index in [0.29, 0.717) is 83.6 Å². The van der Waals surface area contributed by atoms with Crippen molar-refractivity contribution in [2.75, 3.05) is 79.7 Å². The highest BCUT2D eigenvalue weighted by Crippen LogP contribution is 2.29. The molecule has 1 N–H and O–H groups in total. The van der Waals surface area contributed by atoms with Crippen LogP contribution in [0.4, 0.5) is 4.79 Å². The van der Waals surface area contributed by atoms with Gasteiger partial charge in [0.2, 0.25) is 11.8 Å². The standard InChI is InChI=1S/C32H45N3O10/c1-32(2,3)45-31(39)34(4)12-14-41-16-18-43-20-22-44-21-19-42-17-15-40-13-6-8-24-7-5-9-25-26(24)23-35(30(25)38)27-10-11-28(36)33-29(27)37/h5,7,9,27H,10-23H2,1-4H3,(H,33,36,37).